The molecule has 2 N–H and O–H groups in total. The number of aromatic nitrogens is 3. The number of aromatic amines is 2. The fraction of sp³-hybridized carbons (Fsp3) is 0.0417. The van der Waals surface area contributed by atoms with Crippen molar-refractivity contribution in [2.24, 2.45) is 0 Å². The number of nitrogens with zero attached hydrogens (tertiary/aromatic N) is 1. The first-order valence-electron chi connectivity index (χ1n) is 9.30. The van der Waals surface area contributed by atoms with E-state index < -0.39 is 0 Å². The number of nitrogens with one attached hydrogen (secondary N) is 2. The minimum atomic E-state index is -0.257. The predicted molar refractivity (Wildman–Crippen MR) is 119 cm³/mol. The molecule has 3 aromatic carbocycles. The second-order valence-corrected chi connectivity index (χ2v) is 7.91. The Balaban J connectivity index is 1.77. The highest BCUT2D eigenvalue weighted by molar-refractivity contribution is 9.10. The van der Waals surface area contributed by atoms with Crippen molar-refractivity contribution < 1.29 is 4.39 Å². The number of H-pyrrole nitrogens is 2. The highest BCUT2D eigenvalue weighted by Gasteiger charge is 2.19. The average molecular weight is 446 g/mol. The summed E-state index contributed by atoms with van der Waals surface area (Å²) < 4.78 is 14.5. The van der Waals surface area contributed by atoms with Crippen molar-refractivity contribution in [1.82, 2.24) is 15.0 Å². The van der Waals surface area contributed by atoms with Gasteiger partial charge in [-0.15, -0.1) is 0 Å². The Morgan fingerprint density at radius 3 is 2.38 bits per heavy atom. The molecule has 3 nitrogen and oxygen atoms in total. The number of rotatable bonds is 3. The van der Waals surface area contributed by atoms with E-state index in [9.17, 15) is 4.39 Å². The van der Waals surface area contributed by atoms with Crippen LogP contribution in [0.15, 0.2) is 77.3 Å². The molecule has 0 spiro atoms. The summed E-state index contributed by atoms with van der Waals surface area (Å²) in [4.78, 5) is 11.9. The Morgan fingerprint density at radius 1 is 0.862 bits per heavy atom. The molecular formula is C24H17BrFN3. The van der Waals surface area contributed by atoms with E-state index in [4.69, 9.17) is 4.98 Å². The smallest absolute Gasteiger partial charge is 0.140 e. The van der Waals surface area contributed by atoms with E-state index >= 15 is 0 Å². The van der Waals surface area contributed by atoms with Crippen LogP contribution in [0.3, 0.4) is 0 Å². The van der Waals surface area contributed by atoms with Gasteiger partial charge in [-0.05, 0) is 49.4 Å². The van der Waals surface area contributed by atoms with Crippen molar-refractivity contribution in [1.29, 1.82) is 0 Å². The molecule has 0 saturated carbocycles. The summed E-state index contributed by atoms with van der Waals surface area (Å²) in [5.41, 5.74) is 6.74. The van der Waals surface area contributed by atoms with Gasteiger partial charge in [-0.3, -0.25) is 0 Å². The Kier molecular flexibility index (Phi) is 4.32. The number of benzene rings is 3. The van der Waals surface area contributed by atoms with Gasteiger partial charge in [0.2, 0.25) is 0 Å². The Bertz CT molecular complexity index is 1320. The van der Waals surface area contributed by atoms with Gasteiger partial charge in [0.1, 0.15) is 11.6 Å². The van der Waals surface area contributed by atoms with Crippen LogP contribution in [-0.2, 0) is 0 Å². The number of aryl methyl sites for hydroxylation is 1. The van der Waals surface area contributed by atoms with Crippen LogP contribution < -0.4 is 0 Å². The zero-order valence-electron chi connectivity index (χ0n) is 15.6. The highest BCUT2D eigenvalue weighted by Crippen LogP contribution is 2.37. The fourth-order valence-electron chi connectivity index (χ4n) is 3.73. The molecule has 29 heavy (non-hydrogen) atoms. The molecule has 0 saturated heterocycles. The van der Waals surface area contributed by atoms with Gasteiger partial charge in [0.05, 0.1) is 11.4 Å². The molecule has 0 bridgehead atoms. The summed E-state index contributed by atoms with van der Waals surface area (Å²) >= 11 is 3.57. The molecule has 0 fully saturated rings. The molecule has 5 rings (SSSR count). The van der Waals surface area contributed by atoms with Gasteiger partial charge in [-0.1, -0.05) is 46.3 Å². The first kappa shape index (κ1) is 17.9. The van der Waals surface area contributed by atoms with Gasteiger partial charge in [0.15, 0.2) is 0 Å². The molecule has 0 atom stereocenters. The monoisotopic (exact) mass is 445 g/mol. The van der Waals surface area contributed by atoms with E-state index in [1.54, 1.807) is 12.1 Å². The van der Waals surface area contributed by atoms with Gasteiger partial charge in [-0.2, -0.15) is 0 Å². The molecule has 5 aromatic rings. The quantitative estimate of drug-likeness (QED) is 0.305. The van der Waals surface area contributed by atoms with Crippen LogP contribution in [0.25, 0.3) is 44.8 Å². The van der Waals surface area contributed by atoms with Crippen LogP contribution in [0.1, 0.15) is 5.69 Å². The number of imidazole rings is 1. The van der Waals surface area contributed by atoms with Crippen LogP contribution in [0.2, 0.25) is 0 Å². The van der Waals surface area contributed by atoms with Gasteiger partial charge in [-0.25, -0.2) is 9.37 Å². The molecular weight excluding hydrogens is 429 g/mol. The number of halogens is 2. The molecule has 2 heterocycles. The summed E-state index contributed by atoms with van der Waals surface area (Å²) in [5, 5.41) is 1.09. The van der Waals surface area contributed by atoms with Gasteiger partial charge in [0, 0.05) is 37.8 Å². The molecule has 142 valence electrons. The summed E-state index contributed by atoms with van der Waals surface area (Å²) in [6, 6.07) is 22.7. The first-order valence-corrected chi connectivity index (χ1v) is 10.1. The minimum absolute atomic E-state index is 0.257. The maximum absolute atomic E-state index is 13.5. The molecule has 0 unspecified atom stereocenters. The third kappa shape index (κ3) is 3.17. The third-order valence-electron chi connectivity index (χ3n) is 5.07. The second-order valence-electron chi connectivity index (χ2n) is 7.00. The lowest BCUT2D eigenvalue weighted by Crippen LogP contribution is -1.84. The Morgan fingerprint density at radius 2 is 1.62 bits per heavy atom. The zero-order valence-corrected chi connectivity index (χ0v) is 17.2. The molecule has 0 aliphatic heterocycles. The van der Waals surface area contributed by atoms with Crippen molar-refractivity contribution in [2.45, 2.75) is 6.92 Å². The van der Waals surface area contributed by atoms with E-state index in [-0.39, 0.29) is 5.82 Å². The van der Waals surface area contributed by atoms with Crippen LogP contribution in [0.5, 0.6) is 0 Å². The van der Waals surface area contributed by atoms with Crippen LogP contribution in [0.4, 0.5) is 4.39 Å². The Hall–Kier alpha value is -3.18. The number of hydrogen-bond acceptors (Lipinski definition) is 1. The van der Waals surface area contributed by atoms with E-state index in [0.29, 0.717) is 0 Å². The third-order valence-corrected chi connectivity index (χ3v) is 5.56. The first-order chi connectivity index (χ1) is 14.1. The number of fused-ring (bicyclic) bond motifs is 1. The van der Waals surface area contributed by atoms with Crippen molar-refractivity contribution in [2.75, 3.05) is 0 Å². The predicted octanol–water partition coefficient (Wildman–Crippen LogP) is 7.10. The molecule has 0 aliphatic carbocycles. The highest BCUT2D eigenvalue weighted by atomic mass is 79.9. The normalized spacial score (nSPS) is 11.3. The van der Waals surface area contributed by atoms with Crippen LogP contribution in [-0.4, -0.2) is 15.0 Å². The molecule has 0 aliphatic rings. The Labute approximate surface area is 175 Å². The molecule has 5 heteroatoms. The maximum atomic E-state index is 13.5. The topological polar surface area (TPSA) is 44.5 Å². The van der Waals surface area contributed by atoms with Crippen molar-refractivity contribution in [3.8, 4) is 33.9 Å². The minimum Gasteiger partial charge on any atom is -0.358 e. The lowest BCUT2D eigenvalue weighted by Gasteiger charge is -2.03. The van der Waals surface area contributed by atoms with E-state index in [1.165, 1.54) is 12.1 Å². The standard InChI is InChI=1S/C24H17BrFN3/c1-14-21(19-13-17(25)9-12-20(19)27-14)24-28-22(15-5-3-2-4-6-15)23(29-24)16-7-10-18(26)11-8-16/h2-13,27H,1H3,(H,28,29). The lowest BCUT2D eigenvalue weighted by atomic mass is 10.1. The van der Waals surface area contributed by atoms with Gasteiger partial charge in [0.25, 0.3) is 0 Å². The van der Waals surface area contributed by atoms with Crippen LogP contribution in [0, 0.1) is 12.7 Å². The van der Waals surface area contributed by atoms with Crippen molar-refractivity contribution in [3.63, 3.8) is 0 Å². The molecule has 0 amide bonds. The molecule has 0 radical (unpaired) electrons. The summed E-state index contributed by atoms with van der Waals surface area (Å²) in [5.74, 6) is 0.525. The average Bonchev–Trinajstić information content (AvgIpc) is 3.29. The summed E-state index contributed by atoms with van der Waals surface area (Å²) in [6.07, 6.45) is 0. The van der Waals surface area contributed by atoms with E-state index in [2.05, 4.69) is 38.0 Å². The number of hydrogen-bond donors (Lipinski definition) is 2. The maximum Gasteiger partial charge on any atom is 0.140 e. The van der Waals surface area contributed by atoms with Gasteiger partial charge >= 0.3 is 0 Å². The lowest BCUT2D eigenvalue weighted by molar-refractivity contribution is 0.628. The van der Waals surface area contributed by atoms with E-state index in [0.717, 1.165) is 55.0 Å². The van der Waals surface area contributed by atoms with Crippen molar-refractivity contribution >= 4 is 26.8 Å². The largest absolute Gasteiger partial charge is 0.358 e. The van der Waals surface area contributed by atoms with Crippen LogP contribution >= 0.6 is 15.9 Å². The molecule has 2 aromatic heterocycles. The second kappa shape index (κ2) is 7.01. The SMILES string of the molecule is Cc1[nH]c2ccc(Br)cc2c1-c1nc(-c2ccccc2)c(-c2ccc(F)cc2)[nH]1. The van der Waals surface area contributed by atoms with E-state index in [1.807, 2.05) is 43.3 Å². The summed E-state index contributed by atoms with van der Waals surface area (Å²) in [6.45, 7) is 2.05. The zero-order chi connectivity index (χ0) is 20.0. The summed E-state index contributed by atoms with van der Waals surface area (Å²) in [7, 11) is 0. The fourth-order valence-corrected chi connectivity index (χ4v) is 4.09. The van der Waals surface area contributed by atoms with Gasteiger partial charge < -0.3 is 9.97 Å². The van der Waals surface area contributed by atoms with Crippen molar-refractivity contribution in [3.05, 3.63) is 88.8 Å².